The molecule has 30 heavy (non-hydrogen) atoms. The Morgan fingerprint density at radius 2 is 1.97 bits per heavy atom. The van der Waals surface area contributed by atoms with E-state index in [1.54, 1.807) is 18.3 Å². The molecule has 0 saturated carbocycles. The first kappa shape index (κ1) is 22.1. The van der Waals surface area contributed by atoms with Crippen LogP contribution in [0.5, 0.6) is 0 Å². The third-order valence-corrected chi connectivity index (χ3v) is 6.91. The summed E-state index contributed by atoms with van der Waals surface area (Å²) in [5.74, 6) is -1.79. The molecule has 0 aliphatic carbocycles. The monoisotopic (exact) mass is 454 g/mol. The van der Waals surface area contributed by atoms with E-state index < -0.39 is 21.8 Å². The van der Waals surface area contributed by atoms with Crippen molar-refractivity contribution in [2.24, 2.45) is 5.92 Å². The van der Waals surface area contributed by atoms with Gasteiger partial charge in [0.25, 0.3) is 0 Å². The Morgan fingerprint density at radius 1 is 1.23 bits per heavy atom. The zero-order valence-electron chi connectivity index (χ0n) is 15.8. The van der Waals surface area contributed by atoms with Gasteiger partial charge in [-0.25, -0.2) is 12.8 Å². The van der Waals surface area contributed by atoms with E-state index in [9.17, 15) is 22.4 Å². The molecule has 0 radical (unpaired) electrons. The summed E-state index contributed by atoms with van der Waals surface area (Å²) in [5, 5.41) is 4.92. The highest BCUT2D eigenvalue weighted by Gasteiger charge is 2.32. The van der Waals surface area contributed by atoms with Crippen LogP contribution in [0.2, 0.25) is 5.02 Å². The smallest absolute Gasteiger partial charge is 0.243 e. The summed E-state index contributed by atoms with van der Waals surface area (Å²) in [5.41, 5.74) is 0.524. The van der Waals surface area contributed by atoms with Gasteiger partial charge in [-0.3, -0.25) is 14.6 Å². The highest BCUT2D eigenvalue weighted by Crippen LogP contribution is 2.26. The highest BCUT2D eigenvalue weighted by molar-refractivity contribution is 7.89. The molecule has 1 saturated heterocycles. The Kier molecular flexibility index (Phi) is 7.01. The van der Waals surface area contributed by atoms with Crippen molar-refractivity contribution in [2.45, 2.75) is 17.7 Å². The molecule has 160 valence electrons. The van der Waals surface area contributed by atoms with Gasteiger partial charge in [0.15, 0.2) is 0 Å². The second-order valence-electron chi connectivity index (χ2n) is 6.76. The van der Waals surface area contributed by atoms with Crippen molar-refractivity contribution in [1.82, 2.24) is 14.6 Å². The maximum absolute atomic E-state index is 13.3. The van der Waals surface area contributed by atoms with Gasteiger partial charge in [-0.15, -0.1) is 0 Å². The van der Waals surface area contributed by atoms with Crippen molar-refractivity contribution in [2.75, 3.05) is 25.0 Å². The first-order valence-corrected chi connectivity index (χ1v) is 11.0. The fraction of sp³-hybridized carbons (Fsp3) is 0.316. The number of anilines is 1. The van der Waals surface area contributed by atoms with Crippen LogP contribution in [0.4, 0.5) is 10.1 Å². The number of carbonyl (C=O) groups is 2. The van der Waals surface area contributed by atoms with Gasteiger partial charge in [0.05, 0.1) is 28.3 Å². The summed E-state index contributed by atoms with van der Waals surface area (Å²) >= 11 is 5.69. The van der Waals surface area contributed by atoms with E-state index >= 15 is 0 Å². The topological polar surface area (TPSA) is 108 Å². The van der Waals surface area contributed by atoms with Gasteiger partial charge >= 0.3 is 0 Å². The molecule has 3 rings (SSSR count). The summed E-state index contributed by atoms with van der Waals surface area (Å²) in [6.07, 6.45) is 3.69. The van der Waals surface area contributed by atoms with Crippen LogP contribution in [0.25, 0.3) is 0 Å². The Bertz CT molecular complexity index is 1030. The van der Waals surface area contributed by atoms with Crippen LogP contribution in [0.15, 0.2) is 47.6 Å². The third-order valence-electron chi connectivity index (χ3n) is 4.72. The number of piperidine rings is 1. The average Bonchev–Trinajstić information content (AvgIpc) is 2.74. The number of hydrogen-bond donors (Lipinski definition) is 2. The van der Waals surface area contributed by atoms with Crippen LogP contribution in [-0.2, 0) is 19.6 Å². The third kappa shape index (κ3) is 5.32. The molecular weight excluding hydrogens is 435 g/mol. The molecule has 2 N–H and O–H groups in total. The minimum absolute atomic E-state index is 0.0936. The number of rotatable bonds is 6. The number of hydrogen-bond acceptors (Lipinski definition) is 5. The van der Waals surface area contributed by atoms with Gasteiger partial charge in [0.2, 0.25) is 21.8 Å². The van der Waals surface area contributed by atoms with Gasteiger partial charge in [-0.05, 0) is 43.2 Å². The first-order valence-electron chi connectivity index (χ1n) is 9.20. The van der Waals surface area contributed by atoms with Crippen LogP contribution >= 0.6 is 11.6 Å². The largest absolute Gasteiger partial charge is 0.347 e. The number of halogens is 2. The van der Waals surface area contributed by atoms with Gasteiger partial charge in [0.1, 0.15) is 5.82 Å². The van der Waals surface area contributed by atoms with Crippen LogP contribution < -0.4 is 10.6 Å². The van der Waals surface area contributed by atoms with Crippen LogP contribution in [0, 0.1) is 11.7 Å². The second kappa shape index (κ2) is 9.50. The minimum Gasteiger partial charge on any atom is -0.347 e. The Balaban J connectivity index is 1.50. The summed E-state index contributed by atoms with van der Waals surface area (Å²) in [7, 11) is -3.83. The number of benzene rings is 1. The Morgan fingerprint density at radius 3 is 2.60 bits per heavy atom. The maximum Gasteiger partial charge on any atom is 0.243 e. The summed E-state index contributed by atoms with van der Waals surface area (Å²) in [6.45, 7) is 0.0783. The lowest BCUT2D eigenvalue weighted by Gasteiger charge is -2.30. The van der Waals surface area contributed by atoms with E-state index in [1.807, 2.05) is 0 Å². The normalized spacial score (nSPS) is 15.5. The minimum atomic E-state index is -3.83. The number of amides is 2. The van der Waals surface area contributed by atoms with Gasteiger partial charge < -0.3 is 10.6 Å². The molecule has 11 heteroatoms. The zero-order valence-corrected chi connectivity index (χ0v) is 17.4. The average molecular weight is 455 g/mol. The highest BCUT2D eigenvalue weighted by atomic mass is 35.5. The molecule has 8 nitrogen and oxygen atoms in total. The van der Waals surface area contributed by atoms with E-state index in [-0.39, 0.29) is 41.4 Å². The molecule has 1 aliphatic heterocycles. The summed E-state index contributed by atoms with van der Waals surface area (Å²) < 4.78 is 40.0. The molecule has 2 amide bonds. The van der Waals surface area contributed by atoms with Crippen molar-refractivity contribution in [3.63, 3.8) is 0 Å². The molecule has 1 aromatic carbocycles. The van der Waals surface area contributed by atoms with E-state index in [2.05, 4.69) is 15.6 Å². The van der Waals surface area contributed by atoms with Gasteiger partial charge in [-0.2, -0.15) is 4.31 Å². The van der Waals surface area contributed by atoms with Gasteiger partial charge in [-0.1, -0.05) is 11.6 Å². The van der Waals surface area contributed by atoms with Crippen LogP contribution in [0.3, 0.4) is 0 Å². The molecule has 1 fully saturated rings. The lowest BCUT2D eigenvalue weighted by atomic mass is 9.97. The SMILES string of the molecule is O=C(CNC(=O)C1CCN(S(=O)(=O)c2ccc(F)c(Cl)c2)CC1)Nc1cccnc1. The summed E-state index contributed by atoms with van der Waals surface area (Å²) in [4.78, 5) is 28.0. The van der Waals surface area contributed by atoms with Gasteiger partial charge in [0, 0.05) is 25.2 Å². The van der Waals surface area contributed by atoms with E-state index in [0.29, 0.717) is 18.5 Å². The molecule has 2 heterocycles. The first-order chi connectivity index (χ1) is 14.3. The molecule has 2 aromatic rings. The number of pyridine rings is 1. The Hall–Kier alpha value is -2.56. The predicted molar refractivity (Wildman–Crippen MR) is 109 cm³/mol. The molecule has 0 spiro atoms. The fourth-order valence-corrected chi connectivity index (χ4v) is 4.84. The Labute approximate surface area is 178 Å². The standard InChI is InChI=1S/C19H20ClFN4O4S/c20-16-10-15(3-4-17(16)21)30(28,29)25-8-5-13(6-9-25)19(27)23-12-18(26)24-14-2-1-7-22-11-14/h1-4,7,10-11,13H,5-6,8-9,12H2,(H,23,27)(H,24,26). The van der Waals surface area contributed by atoms with Crippen LogP contribution in [0.1, 0.15) is 12.8 Å². The molecule has 0 atom stereocenters. The molecule has 0 unspecified atom stereocenters. The van der Waals surface area contributed by atoms with Crippen molar-refractivity contribution in [3.05, 3.63) is 53.6 Å². The molecule has 1 aliphatic rings. The van der Waals surface area contributed by atoms with E-state index in [1.165, 1.54) is 10.5 Å². The zero-order chi connectivity index (χ0) is 21.7. The number of carbonyl (C=O) groups excluding carboxylic acids is 2. The quantitative estimate of drug-likeness (QED) is 0.694. The number of nitrogens with zero attached hydrogens (tertiary/aromatic N) is 2. The predicted octanol–water partition coefficient (Wildman–Crippen LogP) is 2.03. The molecular formula is C19H20ClFN4O4S. The molecule has 0 bridgehead atoms. The van der Waals surface area contributed by atoms with Crippen molar-refractivity contribution in [1.29, 1.82) is 0 Å². The number of sulfonamides is 1. The maximum atomic E-state index is 13.3. The van der Waals surface area contributed by atoms with Crippen molar-refractivity contribution < 1.29 is 22.4 Å². The van der Waals surface area contributed by atoms with Crippen LogP contribution in [-0.4, -0.2) is 49.2 Å². The van der Waals surface area contributed by atoms with E-state index in [4.69, 9.17) is 11.6 Å². The number of aromatic nitrogens is 1. The van der Waals surface area contributed by atoms with Crippen molar-refractivity contribution in [3.8, 4) is 0 Å². The second-order valence-corrected chi connectivity index (χ2v) is 9.11. The summed E-state index contributed by atoms with van der Waals surface area (Å²) in [6, 6.07) is 6.60. The fourth-order valence-electron chi connectivity index (χ4n) is 3.10. The molecule has 1 aromatic heterocycles. The number of nitrogens with one attached hydrogen (secondary N) is 2. The lowest BCUT2D eigenvalue weighted by molar-refractivity contribution is -0.128. The van der Waals surface area contributed by atoms with E-state index in [0.717, 1.165) is 18.2 Å². The van der Waals surface area contributed by atoms with Crippen molar-refractivity contribution >= 4 is 39.1 Å². The lowest BCUT2D eigenvalue weighted by Crippen LogP contribution is -2.44.